The summed E-state index contributed by atoms with van der Waals surface area (Å²) in [6.07, 6.45) is 29.2. The van der Waals surface area contributed by atoms with Crippen LogP contribution in [0.4, 0.5) is 0 Å². The van der Waals surface area contributed by atoms with Gasteiger partial charge in [0.2, 0.25) is 0 Å². The summed E-state index contributed by atoms with van der Waals surface area (Å²) in [6, 6.07) is 0. The zero-order valence-corrected chi connectivity index (χ0v) is 24.4. The van der Waals surface area contributed by atoms with Gasteiger partial charge in [-0.3, -0.25) is 4.90 Å². The third-order valence-corrected chi connectivity index (χ3v) is 7.53. The number of rotatable bonds is 31. The van der Waals surface area contributed by atoms with E-state index in [1.807, 2.05) is 0 Å². The topological polar surface area (TPSA) is 67.2 Å². The summed E-state index contributed by atoms with van der Waals surface area (Å²) in [6.45, 7) is 7.73. The normalized spacial score (nSPS) is 11.8. The second-order valence-corrected chi connectivity index (χ2v) is 10.9. The molecule has 0 amide bonds. The lowest BCUT2D eigenvalue weighted by molar-refractivity contribution is 0.147. The maximum Gasteiger partial charge on any atom is 0.0558 e. The van der Waals surface area contributed by atoms with E-state index in [9.17, 15) is 5.11 Å². The van der Waals surface area contributed by atoms with Crippen LogP contribution in [0.25, 0.3) is 0 Å². The van der Waals surface area contributed by atoms with Gasteiger partial charge < -0.3 is 20.2 Å². The summed E-state index contributed by atoms with van der Waals surface area (Å²) in [7, 11) is 0. The first-order valence-corrected chi connectivity index (χ1v) is 16.1. The van der Waals surface area contributed by atoms with Gasteiger partial charge in [-0.1, -0.05) is 129 Å². The second kappa shape index (κ2) is 31.0. The van der Waals surface area contributed by atoms with Crippen LogP contribution in [0.15, 0.2) is 0 Å². The largest absolute Gasteiger partial charge is 0.395 e. The van der Waals surface area contributed by atoms with Gasteiger partial charge in [0, 0.05) is 19.6 Å². The fourth-order valence-electron chi connectivity index (χ4n) is 5.20. The number of nitrogens with zero attached hydrogens (tertiary/aromatic N) is 2. The Morgan fingerprint density at radius 3 is 0.861 bits per heavy atom. The molecule has 0 aromatic heterocycles. The molecule has 0 aliphatic rings. The molecule has 218 valence electrons. The highest BCUT2D eigenvalue weighted by Crippen LogP contribution is 2.15. The molecule has 0 rings (SSSR count). The molecule has 0 unspecified atom stereocenters. The predicted octanol–water partition coefficient (Wildman–Crippen LogP) is 6.78. The van der Waals surface area contributed by atoms with E-state index in [1.165, 1.54) is 128 Å². The first kappa shape index (κ1) is 35.8. The third kappa shape index (κ3) is 26.9. The zero-order chi connectivity index (χ0) is 26.4. The van der Waals surface area contributed by atoms with Crippen LogP contribution in [0, 0.1) is 0 Å². The van der Waals surface area contributed by atoms with Crippen molar-refractivity contribution < 1.29 is 15.3 Å². The van der Waals surface area contributed by atoms with Crippen molar-refractivity contribution in [2.75, 3.05) is 59.1 Å². The van der Waals surface area contributed by atoms with E-state index in [2.05, 4.69) is 16.7 Å². The Balaban J connectivity index is 3.41. The molecule has 5 heteroatoms. The van der Waals surface area contributed by atoms with Gasteiger partial charge in [0.25, 0.3) is 0 Å². The van der Waals surface area contributed by atoms with Crippen molar-refractivity contribution in [2.24, 2.45) is 0 Å². The predicted molar refractivity (Wildman–Crippen MR) is 157 cm³/mol. The van der Waals surface area contributed by atoms with Crippen LogP contribution in [-0.4, -0.2) is 84.2 Å². The van der Waals surface area contributed by atoms with Gasteiger partial charge in [-0.2, -0.15) is 0 Å². The van der Waals surface area contributed by atoms with Crippen LogP contribution in [0.3, 0.4) is 0 Å². The van der Waals surface area contributed by atoms with Crippen molar-refractivity contribution in [1.82, 2.24) is 9.80 Å². The van der Waals surface area contributed by atoms with Crippen LogP contribution in [-0.2, 0) is 0 Å². The minimum Gasteiger partial charge on any atom is -0.395 e. The van der Waals surface area contributed by atoms with Crippen molar-refractivity contribution in [3.8, 4) is 0 Å². The summed E-state index contributed by atoms with van der Waals surface area (Å²) in [5.74, 6) is 0. The molecule has 0 bridgehead atoms. The molecule has 0 aromatic carbocycles. The Morgan fingerprint density at radius 1 is 0.306 bits per heavy atom. The van der Waals surface area contributed by atoms with Gasteiger partial charge in [-0.05, 0) is 32.5 Å². The highest BCUT2D eigenvalue weighted by Gasteiger charge is 2.07. The quantitative estimate of drug-likeness (QED) is 0.0890. The molecule has 0 aliphatic carbocycles. The van der Waals surface area contributed by atoms with E-state index in [1.54, 1.807) is 0 Å². The molecule has 0 fully saturated rings. The Labute approximate surface area is 226 Å². The first-order chi connectivity index (χ1) is 17.8. The Bertz CT molecular complexity index is 392. The molecular weight excluding hydrogens is 448 g/mol. The number of unbranched alkanes of at least 4 members (excludes halogenated alkanes) is 19. The molecule has 0 aromatic rings. The van der Waals surface area contributed by atoms with Crippen LogP contribution in [0.1, 0.15) is 142 Å². The molecule has 0 saturated carbocycles. The summed E-state index contributed by atoms with van der Waals surface area (Å²) in [5, 5.41) is 27.6. The van der Waals surface area contributed by atoms with Crippen molar-refractivity contribution in [2.45, 2.75) is 142 Å². The average molecular weight is 515 g/mol. The molecule has 0 spiro atoms. The van der Waals surface area contributed by atoms with Gasteiger partial charge in [-0.25, -0.2) is 0 Å². The molecule has 0 saturated heterocycles. The van der Waals surface area contributed by atoms with Crippen LogP contribution in [0.5, 0.6) is 0 Å². The minimum atomic E-state index is 0.139. The Morgan fingerprint density at radius 2 is 0.556 bits per heavy atom. The fourth-order valence-corrected chi connectivity index (χ4v) is 5.20. The van der Waals surface area contributed by atoms with E-state index >= 15 is 0 Å². The van der Waals surface area contributed by atoms with E-state index in [4.69, 9.17) is 10.2 Å². The van der Waals surface area contributed by atoms with E-state index < -0.39 is 0 Å². The van der Waals surface area contributed by atoms with Crippen LogP contribution < -0.4 is 0 Å². The number of hydrogen-bond acceptors (Lipinski definition) is 5. The summed E-state index contributed by atoms with van der Waals surface area (Å²) in [4.78, 5) is 4.47. The highest BCUT2D eigenvalue weighted by molar-refractivity contribution is 4.62. The average Bonchev–Trinajstić information content (AvgIpc) is 2.87. The monoisotopic (exact) mass is 515 g/mol. The standard InChI is InChI=1S/C31H66N2O3/c1-2-3-4-5-6-7-8-9-10-11-12-13-14-15-16-17-18-19-20-21-23-32(26-29-34)24-22-25-33(27-30-35)28-31-36/h34-36H,2-31H2,1H3. The van der Waals surface area contributed by atoms with Crippen molar-refractivity contribution in [3.05, 3.63) is 0 Å². The van der Waals surface area contributed by atoms with Crippen molar-refractivity contribution in [1.29, 1.82) is 0 Å². The van der Waals surface area contributed by atoms with Crippen LogP contribution >= 0.6 is 0 Å². The SMILES string of the molecule is CCCCCCCCCCCCCCCCCCCCCCN(CCO)CCCN(CCO)CCO. The molecule has 3 N–H and O–H groups in total. The third-order valence-electron chi connectivity index (χ3n) is 7.53. The lowest BCUT2D eigenvalue weighted by Crippen LogP contribution is -2.35. The van der Waals surface area contributed by atoms with Gasteiger partial charge >= 0.3 is 0 Å². The molecule has 5 nitrogen and oxygen atoms in total. The van der Waals surface area contributed by atoms with Crippen LogP contribution in [0.2, 0.25) is 0 Å². The Hall–Kier alpha value is -0.200. The Kier molecular flexibility index (Phi) is 30.8. The molecule has 36 heavy (non-hydrogen) atoms. The fraction of sp³-hybridized carbons (Fsp3) is 1.00. The van der Waals surface area contributed by atoms with Gasteiger partial charge in [-0.15, -0.1) is 0 Å². The second-order valence-electron chi connectivity index (χ2n) is 10.9. The molecule has 0 atom stereocenters. The van der Waals surface area contributed by atoms with E-state index in [-0.39, 0.29) is 19.8 Å². The van der Waals surface area contributed by atoms with Crippen molar-refractivity contribution >= 4 is 0 Å². The maximum atomic E-state index is 9.36. The summed E-state index contributed by atoms with van der Waals surface area (Å²) in [5.41, 5.74) is 0. The molecular formula is C31H66N2O3. The lowest BCUT2D eigenvalue weighted by atomic mass is 10.0. The van der Waals surface area contributed by atoms with Gasteiger partial charge in [0.1, 0.15) is 0 Å². The smallest absolute Gasteiger partial charge is 0.0558 e. The summed E-state index contributed by atoms with van der Waals surface area (Å²) >= 11 is 0. The zero-order valence-electron chi connectivity index (χ0n) is 24.4. The van der Waals surface area contributed by atoms with E-state index in [0.717, 1.165) is 32.6 Å². The molecule has 0 radical (unpaired) electrons. The summed E-state index contributed by atoms with van der Waals surface area (Å²) < 4.78 is 0. The lowest BCUT2D eigenvalue weighted by Gasteiger charge is -2.24. The number of aliphatic hydroxyl groups excluding tert-OH is 3. The maximum absolute atomic E-state index is 9.36. The first-order valence-electron chi connectivity index (χ1n) is 16.1. The van der Waals surface area contributed by atoms with Gasteiger partial charge in [0.05, 0.1) is 19.8 Å². The number of hydrogen-bond donors (Lipinski definition) is 3. The van der Waals surface area contributed by atoms with Crippen molar-refractivity contribution in [3.63, 3.8) is 0 Å². The number of aliphatic hydroxyl groups is 3. The molecule has 0 aliphatic heterocycles. The minimum absolute atomic E-state index is 0.139. The molecule has 0 heterocycles. The van der Waals surface area contributed by atoms with Gasteiger partial charge in [0.15, 0.2) is 0 Å². The highest BCUT2D eigenvalue weighted by atomic mass is 16.3. The van der Waals surface area contributed by atoms with E-state index in [0.29, 0.717) is 13.1 Å².